The van der Waals surface area contributed by atoms with E-state index in [1.165, 1.54) is 11.3 Å². The minimum Gasteiger partial charge on any atom is -0.326 e. The summed E-state index contributed by atoms with van der Waals surface area (Å²) < 4.78 is 31.3. The Bertz CT molecular complexity index is 1080. The van der Waals surface area contributed by atoms with E-state index in [4.69, 9.17) is 5.10 Å². The van der Waals surface area contributed by atoms with Gasteiger partial charge in [0.15, 0.2) is 0 Å². The maximum atomic E-state index is 13.8. The molecule has 1 N–H and O–H groups in total. The molecule has 2 aromatic rings. The molecule has 1 aromatic heterocycles. The van der Waals surface area contributed by atoms with Gasteiger partial charge in [-0.2, -0.15) is 9.40 Å². The van der Waals surface area contributed by atoms with Crippen LogP contribution >= 0.6 is 0 Å². The van der Waals surface area contributed by atoms with Gasteiger partial charge in [0.1, 0.15) is 0 Å². The minimum atomic E-state index is -3.70. The van der Waals surface area contributed by atoms with E-state index in [-0.39, 0.29) is 11.9 Å². The number of anilines is 1. The van der Waals surface area contributed by atoms with Crippen molar-refractivity contribution in [3.63, 3.8) is 0 Å². The molecule has 0 aliphatic heterocycles. The van der Waals surface area contributed by atoms with Crippen molar-refractivity contribution in [2.75, 3.05) is 5.32 Å². The quantitative estimate of drug-likeness (QED) is 0.706. The van der Waals surface area contributed by atoms with Gasteiger partial charge < -0.3 is 5.32 Å². The first-order valence-corrected chi connectivity index (χ1v) is 12.7. The third-order valence-electron chi connectivity index (χ3n) is 6.60. The molecule has 1 heterocycles. The predicted molar refractivity (Wildman–Crippen MR) is 120 cm³/mol. The van der Waals surface area contributed by atoms with Crippen LogP contribution in [0.3, 0.4) is 0 Å². The van der Waals surface area contributed by atoms with Crippen molar-refractivity contribution >= 4 is 21.6 Å². The highest BCUT2D eigenvalue weighted by molar-refractivity contribution is 7.89. The summed E-state index contributed by atoms with van der Waals surface area (Å²) in [5, 5.41) is 7.50. The highest BCUT2D eigenvalue weighted by Crippen LogP contribution is 2.34. The summed E-state index contributed by atoms with van der Waals surface area (Å²) in [5.74, 6) is -0.0911. The number of nitrogens with one attached hydrogen (secondary N) is 1. The topological polar surface area (TPSA) is 84.3 Å². The average Bonchev–Trinajstić information content (AvgIpc) is 3.46. The molecule has 1 saturated carbocycles. The van der Waals surface area contributed by atoms with Crippen molar-refractivity contribution in [2.45, 2.75) is 82.7 Å². The summed E-state index contributed by atoms with van der Waals surface area (Å²) in [6.45, 7) is 3.90. The van der Waals surface area contributed by atoms with Gasteiger partial charge >= 0.3 is 0 Å². The molecule has 0 saturated heterocycles. The molecule has 31 heavy (non-hydrogen) atoms. The van der Waals surface area contributed by atoms with E-state index in [2.05, 4.69) is 5.32 Å². The Kier molecular flexibility index (Phi) is 6.21. The summed E-state index contributed by atoms with van der Waals surface area (Å²) in [5.41, 5.74) is 4.64. The highest BCUT2D eigenvalue weighted by atomic mass is 32.2. The Labute approximate surface area is 184 Å². The number of carbonyl (C=O) groups is 1. The standard InChI is InChI=1S/C23H32N4O3S/c1-4-23(28)24-17-12-13-22(16(2)14-17)31(29,30)27(18-8-5-6-9-18)15-20-19-10-7-11-21(19)26(3)25-20/h12-14,18H,4-11,15H2,1-3H3,(H,24,28). The van der Waals surface area contributed by atoms with Gasteiger partial charge in [0.25, 0.3) is 0 Å². The van der Waals surface area contributed by atoms with Gasteiger partial charge in [0, 0.05) is 30.9 Å². The number of aromatic nitrogens is 2. The molecule has 0 spiro atoms. The molecular weight excluding hydrogens is 412 g/mol. The molecule has 2 aliphatic rings. The van der Waals surface area contributed by atoms with E-state index in [0.717, 1.165) is 50.6 Å². The monoisotopic (exact) mass is 444 g/mol. The first kappa shape index (κ1) is 22.0. The van der Waals surface area contributed by atoms with Crippen molar-refractivity contribution in [2.24, 2.45) is 7.05 Å². The van der Waals surface area contributed by atoms with Gasteiger partial charge in [-0.15, -0.1) is 0 Å². The summed E-state index contributed by atoms with van der Waals surface area (Å²) in [7, 11) is -1.75. The summed E-state index contributed by atoms with van der Waals surface area (Å²) in [6, 6.07) is 5.05. The minimum absolute atomic E-state index is 0.00271. The fourth-order valence-corrected chi connectivity index (χ4v) is 6.82. The highest BCUT2D eigenvalue weighted by Gasteiger charge is 2.36. The van der Waals surface area contributed by atoms with Gasteiger partial charge in [0.2, 0.25) is 15.9 Å². The van der Waals surface area contributed by atoms with Crippen LogP contribution in [0.15, 0.2) is 23.1 Å². The van der Waals surface area contributed by atoms with Crippen LogP contribution < -0.4 is 5.32 Å². The van der Waals surface area contributed by atoms with Crippen LogP contribution in [0.2, 0.25) is 0 Å². The van der Waals surface area contributed by atoms with Crippen LogP contribution in [0.5, 0.6) is 0 Å². The van der Waals surface area contributed by atoms with Crippen molar-refractivity contribution in [1.82, 2.24) is 14.1 Å². The lowest BCUT2D eigenvalue weighted by atomic mass is 10.2. The Morgan fingerprint density at radius 1 is 1.23 bits per heavy atom. The fraction of sp³-hybridized carbons (Fsp3) is 0.565. The molecule has 1 amide bonds. The smallest absolute Gasteiger partial charge is 0.243 e. The summed E-state index contributed by atoms with van der Waals surface area (Å²) in [6.07, 6.45) is 7.35. The van der Waals surface area contributed by atoms with Crippen LogP contribution in [-0.4, -0.2) is 34.5 Å². The van der Waals surface area contributed by atoms with Crippen LogP contribution in [0.1, 0.15) is 68.0 Å². The summed E-state index contributed by atoms with van der Waals surface area (Å²) in [4.78, 5) is 12.0. The summed E-state index contributed by atoms with van der Waals surface area (Å²) >= 11 is 0. The second-order valence-electron chi connectivity index (χ2n) is 8.72. The second kappa shape index (κ2) is 8.74. The van der Waals surface area contributed by atoms with E-state index in [1.54, 1.807) is 36.4 Å². The molecule has 0 unspecified atom stereocenters. The van der Waals surface area contributed by atoms with Gasteiger partial charge in [-0.05, 0) is 68.4 Å². The number of fused-ring (bicyclic) bond motifs is 1. The van der Waals surface area contributed by atoms with E-state index in [0.29, 0.717) is 29.1 Å². The molecular formula is C23H32N4O3S. The number of benzene rings is 1. The number of nitrogens with zero attached hydrogens (tertiary/aromatic N) is 3. The van der Waals surface area contributed by atoms with Gasteiger partial charge in [-0.25, -0.2) is 8.42 Å². The number of hydrogen-bond acceptors (Lipinski definition) is 4. The molecule has 168 valence electrons. The van der Waals surface area contributed by atoms with Gasteiger partial charge in [0.05, 0.1) is 17.1 Å². The molecule has 0 bridgehead atoms. The molecule has 8 heteroatoms. The van der Waals surface area contributed by atoms with Crippen molar-refractivity contribution in [3.05, 3.63) is 40.7 Å². The third kappa shape index (κ3) is 4.28. The zero-order chi connectivity index (χ0) is 22.2. The lowest BCUT2D eigenvalue weighted by molar-refractivity contribution is -0.115. The van der Waals surface area contributed by atoms with Crippen molar-refractivity contribution in [1.29, 1.82) is 0 Å². The molecule has 0 atom stereocenters. The number of carbonyl (C=O) groups excluding carboxylic acids is 1. The van der Waals surface area contributed by atoms with E-state index in [1.807, 2.05) is 11.7 Å². The van der Waals surface area contributed by atoms with E-state index >= 15 is 0 Å². The van der Waals surface area contributed by atoms with Crippen LogP contribution in [-0.2, 0) is 41.3 Å². The number of amides is 1. The first-order chi connectivity index (χ1) is 14.8. The van der Waals surface area contributed by atoms with Crippen LogP contribution in [0.25, 0.3) is 0 Å². The maximum absolute atomic E-state index is 13.8. The molecule has 1 fully saturated rings. The van der Waals surface area contributed by atoms with Gasteiger partial charge in [-0.3, -0.25) is 9.48 Å². The zero-order valence-corrected chi connectivity index (χ0v) is 19.5. The lowest BCUT2D eigenvalue weighted by Gasteiger charge is -2.28. The normalized spacial score (nSPS) is 16.8. The largest absolute Gasteiger partial charge is 0.326 e. The predicted octanol–water partition coefficient (Wildman–Crippen LogP) is 3.70. The van der Waals surface area contributed by atoms with E-state index in [9.17, 15) is 13.2 Å². The second-order valence-corrected chi connectivity index (χ2v) is 10.6. The number of sulfonamides is 1. The molecule has 7 nitrogen and oxygen atoms in total. The Morgan fingerprint density at radius 3 is 2.65 bits per heavy atom. The van der Waals surface area contributed by atoms with Crippen molar-refractivity contribution < 1.29 is 13.2 Å². The fourth-order valence-electron chi connectivity index (χ4n) is 4.97. The maximum Gasteiger partial charge on any atom is 0.243 e. The molecule has 1 aromatic carbocycles. The van der Waals surface area contributed by atoms with Crippen LogP contribution in [0, 0.1) is 6.92 Å². The zero-order valence-electron chi connectivity index (χ0n) is 18.6. The number of rotatable bonds is 7. The molecule has 2 aliphatic carbocycles. The number of hydrogen-bond donors (Lipinski definition) is 1. The van der Waals surface area contributed by atoms with Crippen molar-refractivity contribution in [3.8, 4) is 0 Å². The Morgan fingerprint density at radius 2 is 1.97 bits per heavy atom. The Hall–Kier alpha value is -2.19. The first-order valence-electron chi connectivity index (χ1n) is 11.3. The lowest BCUT2D eigenvalue weighted by Crippen LogP contribution is -2.39. The van der Waals surface area contributed by atoms with Crippen LogP contribution in [0.4, 0.5) is 5.69 Å². The third-order valence-corrected chi connectivity index (χ3v) is 8.66. The SMILES string of the molecule is CCC(=O)Nc1ccc(S(=O)(=O)N(Cc2nn(C)c3c2CCC3)C2CCCC2)c(C)c1. The molecule has 4 rings (SSSR count). The molecule has 0 radical (unpaired) electrons. The number of aryl methyl sites for hydroxylation is 2. The van der Waals surface area contributed by atoms with Gasteiger partial charge in [-0.1, -0.05) is 19.8 Å². The average molecular weight is 445 g/mol. The Balaban J connectivity index is 1.68. The van der Waals surface area contributed by atoms with E-state index < -0.39 is 10.0 Å².